The van der Waals surface area contributed by atoms with Gasteiger partial charge in [-0.25, -0.2) is 9.18 Å². The van der Waals surface area contributed by atoms with Crippen molar-refractivity contribution < 1.29 is 13.9 Å². The lowest BCUT2D eigenvalue weighted by atomic mass is 10.1. The average molecular weight is 235 g/mol. The van der Waals surface area contributed by atoms with Gasteiger partial charge in [0, 0.05) is 5.39 Å². The molecule has 5 heteroatoms. The number of hydrogen-bond acceptors (Lipinski definition) is 3. The van der Waals surface area contributed by atoms with E-state index in [0.717, 1.165) is 6.07 Å². The van der Waals surface area contributed by atoms with Gasteiger partial charge in [-0.15, -0.1) is 0 Å². The summed E-state index contributed by atoms with van der Waals surface area (Å²) in [6.07, 6.45) is 0. The van der Waals surface area contributed by atoms with Crippen molar-refractivity contribution >= 4 is 16.7 Å². The maximum absolute atomic E-state index is 13.0. The van der Waals surface area contributed by atoms with Crippen LogP contribution in [0.4, 0.5) is 4.39 Å². The van der Waals surface area contributed by atoms with E-state index in [4.69, 9.17) is 4.74 Å². The number of esters is 1. The Bertz CT molecular complexity index is 633. The number of halogens is 1. The SMILES string of the molecule is CCOC(=O)c1cc2ccc(F)cc2c(=O)[nH]1. The third-order valence-electron chi connectivity index (χ3n) is 2.30. The molecule has 1 N–H and O–H groups in total. The molecule has 0 spiro atoms. The van der Waals surface area contributed by atoms with Crippen LogP contribution in [-0.4, -0.2) is 17.6 Å². The fraction of sp³-hybridized carbons (Fsp3) is 0.167. The number of hydrogen-bond donors (Lipinski definition) is 1. The number of ether oxygens (including phenoxy) is 1. The molecule has 4 nitrogen and oxygen atoms in total. The summed E-state index contributed by atoms with van der Waals surface area (Å²) in [7, 11) is 0. The van der Waals surface area contributed by atoms with E-state index in [2.05, 4.69) is 4.98 Å². The molecular formula is C12H10FNO3. The molecule has 0 bridgehead atoms. The second kappa shape index (κ2) is 4.37. The maximum atomic E-state index is 13.0. The molecule has 0 aliphatic heterocycles. The Hall–Kier alpha value is -2.17. The van der Waals surface area contributed by atoms with Gasteiger partial charge in [-0.05, 0) is 30.5 Å². The molecule has 2 rings (SSSR count). The van der Waals surface area contributed by atoms with Crippen molar-refractivity contribution in [1.82, 2.24) is 4.98 Å². The lowest BCUT2D eigenvalue weighted by Crippen LogP contribution is -2.15. The fourth-order valence-electron chi connectivity index (χ4n) is 1.55. The molecule has 17 heavy (non-hydrogen) atoms. The highest BCUT2D eigenvalue weighted by Crippen LogP contribution is 2.12. The number of carbonyl (C=O) groups excluding carboxylic acids is 1. The highest BCUT2D eigenvalue weighted by Gasteiger charge is 2.10. The van der Waals surface area contributed by atoms with Crippen LogP contribution in [0.5, 0.6) is 0 Å². The van der Waals surface area contributed by atoms with Crippen LogP contribution in [0.2, 0.25) is 0 Å². The Morgan fingerprint density at radius 3 is 2.88 bits per heavy atom. The Morgan fingerprint density at radius 2 is 2.18 bits per heavy atom. The molecule has 0 fully saturated rings. The van der Waals surface area contributed by atoms with Gasteiger partial charge in [0.25, 0.3) is 5.56 Å². The summed E-state index contributed by atoms with van der Waals surface area (Å²) < 4.78 is 17.7. The van der Waals surface area contributed by atoms with E-state index in [1.807, 2.05) is 0 Å². The third kappa shape index (κ3) is 2.18. The minimum absolute atomic E-state index is 0.0657. The van der Waals surface area contributed by atoms with E-state index < -0.39 is 17.3 Å². The van der Waals surface area contributed by atoms with E-state index in [0.29, 0.717) is 5.39 Å². The minimum Gasteiger partial charge on any atom is -0.461 e. The van der Waals surface area contributed by atoms with Crippen LogP contribution in [0, 0.1) is 5.82 Å². The number of H-pyrrole nitrogens is 1. The lowest BCUT2D eigenvalue weighted by Gasteiger charge is -2.03. The number of nitrogens with one attached hydrogen (secondary N) is 1. The number of rotatable bonds is 2. The summed E-state index contributed by atoms with van der Waals surface area (Å²) in [6, 6.07) is 5.27. The van der Waals surface area contributed by atoms with Gasteiger partial charge in [0.15, 0.2) is 0 Å². The first-order valence-electron chi connectivity index (χ1n) is 5.11. The first-order valence-corrected chi connectivity index (χ1v) is 5.11. The minimum atomic E-state index is -0.601. The number of fused-ring (bicyclic) bond motifs is 1. The Labute approximate surface area is 96.0 Å². The normalized spacial score (nSPS) is 10.5. The number of aromatic nitrogens is 1. The van der Waals surface area contributed by atoms with E-state index in [9.17, 15) is 14.0 Å². The van der Waals surface area contributed by atoms with Crippen molar-refractivity contribution in [3.63, 3.8) is 0 Å². The molecular weight excluding hydrogens is 225 g/mol. The highest BCUT2D eigenvalue weighted by atomic mass is 19.1. The highest BCUT2D eigenvalue weighted by molar-refractivity contribution is 5.92. The lowest BCUT2D eigenvalue weighted by molar-refractivity contribution is 0.0519. The molecule has 0 saturated carbocycles. The second-order valence-corrected chi connectivity index (χ2v) is 3.46. The van der Waals surface area contributed by atoms with Gasteiger partial charge in [0.05, 0.1) is 6.61 Å². The molecule has 0 amide bonds. The molecule has 0 aliphatic rings. The largest absolute Gasteiger partial charge is 0.461 e. The summed E-state index contributed by atoms with van der Waals surface area (Å²) >= 11 is 0. The van der Waals surface area contributed by atoms with Gasteiger partial charge in [-0.1, -0.05) is 6.07 Å². The molecule has 88 valence electrons. The molecule has 1 aromatic carbocycles. The van der Waals surface area contributed by atoms with Crippen LogP contribution in [0.3, 0.4) is 0 Å². The van der Waals surface area contributed by atoms with Crippen LogP contribution in [0.1, 0.15) is 17.4 Å². The first-order chi connectivity index (χ1) is 8.11. The van der Waals surface area contributed by atoms with Crippen molar-refractivity contribution in [2.45, 2.75) is 6.92 Å². The summed E-state index contributed by atoms with van der Waals surface area (Å²) in [5.41, 5.74) is -0.444. The van der Waals surface area contributed by atoms with E-state index in [-0.39, 0.29) is 17.7 Å². The number of aromatic amines is 1. The zero-order valence-corrected chi connectivity index (χ0v) is 9.12. The quantitative estimate of drug-likeness (QED) is 0.808. The first kappa shape index (κ1) is 11.3. The third-order valence-corrected chi connectivity index (χ3v) is 2.30. The molecule has 0 radical (unpaired) electrons. The average Bonchev–Trinajstić information content (AvgIpc) is 2.30. The topological polar surface area (TPSA) is 59.2 Å². The van der Waals surface area contributed by atoms with Gasteiger partial charge >= 0.3 is 5.97 Å². The van der Waals surface area contributed by atoms with Crippen molar-refractivity contribution in [2.24, 2.45) is 0 Å². The smallest absolute Gasteiger partial charge is 0.354 e. The molecule has 1 aromatic heterocycles. The van der Waals surface area contributed by atoms with E-state index >= 15 is 0 Å². The summed E-state index contributed by atoms with van der Waals surface area (Å²) in [6.45, 7) is 1.90. The molecule has 0 saturated heterocycles. The predicted octanol–water partition coefficient (Wildman–Crippen LogP) is 1.84. The van der Waals surface area contributed by atoms with Crippen LogP contribution in [0.25, 0.3) is 10.8 Å². The number of pyridine rings is 1. The van der Waals surface area contributed by atoms with Gasteiger partial charge in [0.1, 0.15) is 11.5 Å². The summed E-state index contributed by atoms with van der Waals surface area (Å²) in [5.74, 6) is -1.09. The van der Waals surface area contributed by atoms with Crippen molar-refractivity contribution in [1.29, 1.82) is 0 Å². The molecule has 0 unspecified atom stereocenters. The zero-order valence-electron chi connectivity index (χ0n) is 9.12. The van der Waals surface area contributed by atoms with Crippen LogP contribution >= 0.6 is 0 Å². The van der Waals surface area contributed by atoms with Crippen molar-refractivity contribution in [3.05, 3.63) is 46.1 Å². The number of carbonyl (C=O) groups is 1. The van der Waals surface area contributed by atoms with Gasteiger partial charge in [-0.3, -0.25) is 4.79 Å². The van der Waals surface area contributed by atoms with Crippen LogP contribution in [0.15, 0.2) is 29.1 Å². The van der Waals surface area contributed by atoms with Crippen molar-refractivity contribution in [2.75, 3.05) is 6.61 Å². The monoisotopic (exact) mass is 235 g/mol. The second-order valence-electron chi connectivity index (χ2n) is 3.46. The van der Waals surface area contributed by atoms with Crippen molar-refractivity contribution in [3.8, 4) is 0 Å². The number of benzene rings is 1. The summed E-state index contributed by atoms with van der Waals surface area (Å²) in [4.78, 5) is 25.4. The molecule has 2 aromatic rings. The Kier molecular flexibility index (Phi) is 2.91. The van der Waals surface area contributed by atoms with Gasteiger partial charge < -0.3 is 9.72 Å². The summed E-state index contributed by atoms with van der Waals surface area (Å²) in [5, 5.41) is 0.705. The zero-order chi connectivity index (χ0) is 12.4. The Morgan fingerprint density at radius 1 is 1.41 bits per heavy atom. The van der Waals surface area contributed by atoms with Gasteiger partial charge in [0.2, 0.25) is 0 Å². The maximum Gasteiger partial charge on any atom is 0.354 e. The van der Waals surface area contributed by atoms with Crippen LogP contribution < -0.4 is 5.56 Å². The fourth-order valence-corrected chi connectivity index (χ4v) is 1.55. The van der Waals surface area contributed by atoms with Gasteiger partial charge in [-0.2, -0.15) is 0 Å². The van der Waals surface area contributed by atoms with E-state index in [1.165, 1.54) is 18.2 Å². The van der Waals surface area contributed by atoms with Crippen LogP contribution in [-0.2, 0) is 4.74 Å². The van der Waals surface area contributed by atoms with E-state index in [1.54, 1.807) is 6.92 Å². The Balaban J connectivity index is 2.60. The molecule has 0 atom stereocenters. The standard InChI is InChI=1S/C12H10FNO3/c1-2-17-12(16)10-5-7-3-4-8(13)6-9(7)11(15)14-10/h3-6H,2H2,1H3,(H,14,15). The molecule has 1 heterocycles. The predicted molar refractivity (Wildman–Crippen MR) is 60.5 cm³/mol. The molecule has 0 aliphatic carbocycles.